The Morgan fingerprint density at radius 3 is 1.70 bits per heavy atom. The van der Waals surface area contributed by atoms with Crippen molar-refractivity contribution < 1.29 is 0 Å². The molecular weight excluding hydrogens is 553 g/mol. The van der Waals surface area contributed by atoms with E-state index in [0.29, 0.717) is 0 Å². The van der Waals surface area contributed by atoms with E-state index < -0.39 is 0 Å². The normalized spacial score (nSPS) is 11.2. The molecule has 0 aliphatic carbocycles. The summed E-state index contributed by atoms with van der Waals surface area (Å²) in [5.74, 6) is 0. The molecule has 3 heteroatoms. The number of hydrogen-bond donors (Lipinski definition) is 0. The van der Waals surface area contributed by atoms with Crippen LogP contribution in [0.2, 0.25) is 0 Å². The van der Waals surface area contributed by atoms with Crippen LogP contribution < -0.4 is 4.90 Å². The molecule has 44 heavy (non-hydrogen) atoms. The van der Waals surface area contributed by atoms with Crippen molar-refractivity contribution in [2.45, 2.75) is 0 Å². The molecule has 2 nitrogen and oxygen atoms in total. The third kappa shape index (κ3) is 4.84. The van der Waals surface area contributed by atoms with Gasteiger partial charge in [0.25, 0.3) is 0 Å². The summed E-state index contributed by atoms with van der Waals surface area (Å²) < 4.78 is 2.45. The lowest BCUT2D eigenvalue weighted by Gasteiger charge is -2.28. The van der Waals surface area contributed by atoms with Crippen LogP contribution >= 0.6 is 11.3 Å². The number of pyridine rings is 1. The summed E-state index contributed by atoms with van der Waals surface area (Å²) in [6, 6.07) is 58.5. The molecule has 0 radical (unpaired) electrons. The summed E-state index contributed by atoms with van der Waals surface area (Å²) >= 11 is 1.79. The first-order valence-electron chi connectivity index (χ1n) is 14.8. The van der Waals surface area contributed by atoms with E-state index in [-0.39, 0.29) is 0 Å². The number of rotatable bonds is 6. The van der Waals surface area contributed by atoms with Crippen molar-refractivity contribution in [2.75, 3.05) is 4.90 Å². The highest BCUT2D eigenvalue weighted by molar-refractivity contribution is 7.25. The maximum absolute atomic E-state index is 4.74. The van der Waals surface area contributed by atoms with Crippen LogP contribution in [0.15, 0.2) is 170 Å². The summed E-state index contributed by atoms with van der Waals surface area (Å²) in [5.41, 5.74) is 11.6. The number of aromatic nitrogens is 1. The number of nitrogens with zero attached hydrogens (tertiary/aromatic N) is 2. The Bertz CT molecular complexity index is 2200. The molecule has 0 saturated carbocycles. The van der Waals surface area contributed by atoms with E-state index in [1.807, 2.05) is 12.3 Å². The standard InChI is InChI=1S/C41H28N2S/c1-3-10-29(11-4-1)30-17-19-31(20-18-30)32-21-23-34(24-22-32)43(38-15-8-7-14-36(38)33-12-5-2-6-13-33)35-25-26-39-37(28-35)41-40(44-39)16-9-27-42-41/h1-28H. The summed E-state index contributed by atoms with van der Waals surface area (Å²) in [6.07, 6.45) is 1.88. The molecule has 0 atom stereocenters. The van der Waals surface area contributed by atoms with E-state index in [1.54, 1.807) is 11.3 Å². The lowest BCUT2D eigenvalue weighted by Crippen LogP contribution is -2.11. The van der Waals surface area contributed by atoms with Gasteiger partial charge in [-0.2, -0.15) is 0 Å². The third-order valence-corrected chi connectivity index (χ3v) is 9.27. The smallest absolute Gasteiger partial charge is 0.0889 e. The lowest BCUT2D eigenvalue weighted by molar-refractivity contribution is 1.29. The maximum Gasteiger partial charge on any atom is 0.0889 e. The number of para-hydroxylation sites is 1. The second-order valence-electron chi connectivity index (χ2n) is 10.8. The molecule has 0 aliphatic heterocycles. The summed E-state index contributed by atoms with van der Waals surface area (Å²) in [7, 11) is 0. The van der Waals surface area contributed by atoms with E-state index in [4.69, 9.17) is 4.98 Å². The third-order valence-electron chi connectivity index (χ3n) is 8.15. The minimum Gasteiger partial charge on any atom is -0.310 e. The second kappa shape index (κ2) is 11.3. The van der Waals surface area contributed by atoms with Crippen LogP contribution in [-0.4, -0.2) is 4.98 Å². The Morgan fingerprint density at radius 2 is 1.00 bits per heavy atom. The van der Waals surface area contributed by atoms with Gasteiger partial charge >= 0.3 is 0 Å². The zero-order chi connectivity index (χ0) is 29.3. The van der Waals surface area contributed by atoms with Crippen LogP contribution in [0.1, 0.15) is 0 Å². The highest BCUT2D eigenvalue weighted by Crippen LogP contribution is 2.43. The van der Waals surface area contributed by atoms with E-state index in [0.717, 1.165) is 22.6 Å². The van der Waals surface area contributed by atoms with Gasteiger partial charge in [0.05, 0.1) is 15.9 Å². The fourth-order valence-corrected chi connectivity index (χ4v) is 7.02. The van der Waals surface area contributed by atoms with Gasteiger partial charge in [0.1, 0.15) is 0 Å². The molecule has 0 aliphatic rings. The quantitative estimate of drug-likeness (QED) is 0.194. The van der Waals surface area contributed by atoms with Crippen molar-refractivity contribution in [3.05, 3.63) is 170 Å². The van der Waals surface area contributed by atoms with Gasteiger partial charge in [-0.25, -0.2) is 0 Å². The summed E-state index contributed by atoms with van der Waals surface area (Å²) in [6.45, 7) is 0. The molecule has 0 spiro atoms. The number of thiophene rings is 1. The van der Waals surface area contributed by atoms with E-state index in [2.05, 4.69) is 163 Å². The van der Waals surface area contributed by atoms with E-state index >= 15 is 0 Å². The molecule has 2 aromatic heterocycles. The predicted octanol–water partition coefficient (Wildman–Crippen LogP) is 11.9. The van der Waals surface area contributed by atoms with Gasteiger partial charge in [0.2, 0.25) is 0 Å². The Kier molecular flexibility index (Phi) is 6.71. The van der Waals surface area contributed by atoms with Crippen LogP contribution in [0, 0.1) is 0 Å². The van der Waals surface area contributed by atoms with Gasteiger partial charge in [-0.3, -0.25) is 4.98 Å². The minimum absolute atomic E-state index is 1.06. The largest absolute Gasteiger partial charge is 0.310 e. The van der Waals surface area contributed by atoms with Gasteiger partial charge < -0.3 is 4.90 Å². The summed E-state index contributed by atoms with van der Waals surface area (Å²) in [5, 5.41) is 1.18. The molecule has 0 N–H and O–H groups in total. The Balaban J connectivity index is 1.24. The number of hydrogen-bond acceptors (Lipinski definition) is 3. The van der Waals surface area contributed by atoms with Gasteiger partial charge in [-0.05, 0) is 76.3 Å². The predicted molar refractivity (Wildman–Crippen MR) is 188 cm³/mol. The molecular formula is C41H28N2S. The van der Waals surface area contributed by atoms with Crippen LogP contribution in [0.5, 0.6) is 0 Å². The minimum atomic E-state index is 1.06. The Hall–Kier alpha value is -5.51. The zero-order valence-corrected chi connectivity index (χ0v) is 24.8. The van der Waals surface area contributed by atoms with Crippen LogP contribution in [0.25, 0.3) is 53.7 Å². The molecule has 0 bridgehead atoms. The highest BCUT2D eigenvalue weighted by Gasteiger charge is 2.18. The molecule has 0 saturated heterocycles. The molecule has 6 aromatic carbocycles. The van der Waals surface area contributed by atoms with Gasteiger partial charge in [-0.1, -0.05) is 115 Å². The van der Waals surface area contributed by atoms with Crippen molar-refractivity contribution in [3.63, 3.8) is 0 Å². The molecule has 208 valence electrons. The molecule has 8 aromatic rings. The zero-order valence-electron chi connectivity index (χ0n) is 24.0. The fourth-order valence-electron chi connectivity index (χ4n) is 5.97. The average molecular weight is 581 g/mol. The van der Waals surface area contributed by atoms with Crippen LogP contribution in [0.3, 0.4) is 0 Å². The molecule has 0 unspecified atom stereocenters. The van der Waals surface area contributed by atoms with Crippen molar-refractivity contribution in [3.8, 4) is 33.4 Å². The monoisotopic (exact) mass is 580 g/mol. The first kappa shape index (κ1) is 26.1. The molecule has 0 fully saturated rings. The topological polar surface area (TPSA) is 16.1 Å². The average Bonchev–Trinajstić information content (AvgIpc) is 3.48. The van der Waals surface area contributed by atoms with Gasteiger partial charge in [-0.15, -0.1) is 11.3 Å². The molecule has 0 amide bonds. The summed E-state index contributed by atoms with van der Waals surface area (Å²) in [4.78, 5) is 7.11. The van der Waals surface area contributed by atoms with Crippen LogP contribution in [-0.2, 0) is 0 Å². The SMILES string of the molecule is c1ccc(-c2ccc(-c3ccc(N(c4ccc5sc6cccnc6c5c4)c4ccccc4-c4ccccc4)cc3)cc2)cc1. The van der Waals surface area contributed by atoms with Crippen molar-refractivity contribution in [2.24, 2.45) is 0 Å². The first-order valence-corrected chi connectivity index (χ1v) is 15.6. The van der Waals surface area contributed by atoms with Gasteiger partial charge in [0.15, 0.2) is 0 Å². The van der Waals surface area contributed by atoms with E-state index in [9.17, 15) is 0 Å². The van der Waals surface area contributed by atoms with Crippen LogP contribution in [0.4, 0.5) is 17.1 Å². The molecule has 2 heterocycles. The van der Waals surface area contributed by atoms with Crippen molar-refractivity contribution >= 4 is 48.7 Å². The molecule has 8 rings (SSSR count). The first-order chi connectivity index (χ1) is 21.8. The lowest BCUT2D eigenvalue weighted by atomic mass is 9.99. The number of anilines is 3. The van der Waals surface area contributed by atoms with Crippen molar-refractivity contribution in [1.82, 2.24) is 4.98 Å². The van der Waals surface area contributed by atoms with Gasteiger partial charge in [0, 0.05) is 33.2 Å². The second-order valence-corrected chi connectivity index (χ2v) is 11.9. The fraction of sp³-hybridized carbons (Fsp3) is 0. The number of benzene rings is 6. The van der Waals surface area contributed by atoms with Crippen molar-refractivity contribution in [1.29, 1.82) is 0 Å². The van der Waals surface area contributed by atoms with E-state index in [1.165, 1.54) is 48.2 Å². The highest BCUT2D eigenvalue weighted by atomic mass is 32.1. The Morgan fingerprint density at radius 1 is 0.432 bits per heavy atom. The maximum atomic E-state index is 4.74. The number of fused-ring (bicyclic) bond motifs is 3. The Labute approximate surface area is 261 Å².